The van der Waals surface area contributed by atoms with Gasteiger partial charge in [-0.2, -0.15) is 4.98 Å². The lowest BCUT2D eigenvalue weighted by atomic mass is 9.94. The van der Waals surface area contributed by atoms with Crippen molar-refractivity contribution >= 4 is 5.91 Å². The molecule has 0 saturated carbocycles. The second-order valence-corrected chi connectivity index (χ2v) is 5.83. The van der Waals surface area contributed by atoms with Gasteiger partial charge in [0.05, 0.1) is 6.54 Å². The Balaban J connectivity index is 1.57. The number of halogens is 1. The highest BCUT2D eigenvalue weighted by molar-refractivity contribution is 5.92. The molecule has 1 fully saturated rings. The predicted molar refractivity (Wildman–Crippen MR) is 82.0 cm³/mol. The smallest absolute Gasteiger partial charge is 0.275 e. The molecule has 0 radical (unpaired) electrons. The summed E-state index contributed by atoms with van der Waals surface area (Å²) < 4.78 is 25.4. The highest BCUT2D eigenvalue weighted by atomic mass is 19.1. The van der Waals surface area contributed by atoms with E-state index >= 15 is 4.39 Å². The van der Waals surface area contributed by atoms with E-state index in [1.807, 2.05) is 0 Å². The summed E-state index contributed by atoms with van der Waals surface area (Å²) in [5.41, 5.74) is -1.12. The van der Waals surface area contributed by atoms with E-state index in [9.17, 15) is 4.79 Å². The van der Waals surface area contributed by atoms with Crippen molar-refractivity contribution in [3.63, 3.8) is 0 Å². The number of carbonyl (C=O) groups excluding carboxylic acids is 1. The Labute approximate surface area is 141 Å². The Hall–Kier alpha value is -3.10. The molecule has 0 N–H and O–H groups in total. The molecule has 25 heavy (non-hydrogen) atoms. The van der Waals surface area contributed by atoms with Gasteiger partial charge in [-0.3, -0.25) is 9.78 Å². The highest BCUT2D eigenvalue weighted by Gasteiger charge is 2.44. The Morgan fingerprint density at radius 2 is 2.32 bits per heavy atom. The summed E-state index contributed by atoms with van der Waals surface area (Å²) in [6, 6.07) is 3.49. The molecule has 3 aromatic heterocycles. The molecule has 1 atom stereocenters. The molecule has 4 heterocycles. The third kappa shape index (κ3) is 2.88. The molecule has 0 aliphatic carbocycles. The van der Waals surface area contributed by atoms with E-state index in [1.54, 1.807) is 24.5 Å². The lowest BCUT2D eigenvalue weighted by molar-refractivity contribution is 0.0149. The van der Waals surface area contributed by atoms with Crippen LogP contribution < -0.4 is 0 Å². The van der Waals surface area contributed by atoms with Crippen molar-refractivity contribution in [2.45, 2.75) is 18.5 Å². The van der Waals surface area contributed by atoms with E-state index in [2.05, 4.69) is 20.1 Å². The molecule has 0 aromatic carbocycles. The first-order valence-electron chi connectivity index (χ1n) is 7.77. The summed E-state index contributed by atoms with van der Waals surface area (Å²) in [5.74, 6) is -0.258. The van der Waals surface area contributed by atoms with E-state index in [1.165, 1.54) is 11.2 Å². The Bertz CT molecular complexity index is 867. The normalized spacial score (nSPS) is 20.6. The molecular formula is C16H14FN5O3. The van der Waals surface area contributed by atoms with E-state index in [-0.39, 0.29) is 36.3 Å². The van der Waals surface area contributed by atoms with Gasteiger partial charge in [-0.1, -0.05) is 5.16 Å². The van der Waals surface area contributed by atoms with Gasteiger partial charge in [0.15, 0.2) is 12.1 Å². The molecule has 128 valence electrons. The number of hydrogen-bond acceptors (Lipinski definition) is 7. The van der Waals surface area contributed by atoms with Crippen LogP contribution in [0.4, 0.5) is 4.39 Å². The van der Waals surface area contributed by atoms with Gasteiger partial charge < -0.3 is 13.8 Å². The van der Waals surface area contributed by atoms with Crippen molar-refractivity contribution in [2.24, 2.45) is 0 Å². The fraction of sp³-hybridized carbons (Fsp3) is 0.312. The van der Waals surface area contributed by atoms with Crippen molar-refractivity contribution in [3.05, 3.63) is 48.8 Å². The Kier molecular flexibility index (Phi) is 3.75. The number of oxazole rings is 1. The molecule has 0 spiro atoms. The average molecular weight is 343 g/mol. The zero-order chi connectivity index (χ0) is 17.3. The van der Waals surface area contributed by atoms with E-state index < -0.39 is 5.67 Å². The topological polar surface area (TPSA) is 98.2 Å². The van der Waals surface area contributed by atoms with Crippen LogP contribution in [-0.4, -0.2) is 44.0 Å². The van der Waals surface area contributed by atoms with Crippen LogP contribution in [-0.2, 0) is 5.67 Å². The molecule has 4 rings (SSSR count). The second-order valence-electron chi connectivity index (χ2n) is 5.83. The van der Waals surface area contributed by atoms with Crippen molar-refractivity contribution in [1.29, 1.82) is 0 Å². The number of alkyl halides is 1. The standard InChI is InChI=1S/C16H14FN5O3/c17-16(15-20-13(21-25-15)11-3-1-5-18-7-11)4-2-6-22(9-16)14(23)12-8-24-10-19-12/h1,3,5,7-8,10H,2,4,6,9H2. The van der Waals surface area contributed by atoms with Gasteiger partial charge in [0.25, 0.3) is 11.8 Å². The fourth-order valence-corrected chi connectivity index (χ4v) is 2.86. The Morgan fingerprint density at radius 3 is 3.08 bits per heavy atom. The minimum absolute atomic E-state index is 0.135. The molecular weight excluding hydrogens is 329 g/mol. The van der Waals surface area contributed by atoms with Crippen LogP contribution in [0.3, 0.4) is 0 Å². The largest absolute Gasteiger partial charge is 0.451 e. The highest BCUT2D eigenvalue weighted by Crippen LogP contribution is 2.35. The third-order valence-electron chi connectivity index (χ3n) is 4.11. The summed E-state index contributed by atoms with van der Waals surface area (Å²) in [6.07, 6.45) is 6.27. The van der Waals surface area contributed by atoms with Crippen LogP contribution in [0, 0.1) is 0 Å². The van der Waals surface area contributed by atoms with Crippen LogP contribution >= 0.6 is 0 Å². The van der Waals surface area contributed by atoms with Crippen molar-refractivity contribution in [2.75, 3.05) is 13.1 Å². The maximum atomic E-state index is 15.4. The lowest BCUT2D eigenvalue weighted by Crippen LogP contribution is -2.46. The van der Waals surface area contributed by atoms with Gasteiger partial charge in [-0.25, -0.2) is 9.37 Å². The number of pyridine rings is 1. The van der Waals surface area contributed by atoms with E-state index in [0.717, 1.165) is 6.39 Å². The summed E-state index contributed by atoms with van der Waals surface area (Å²) >= 11 is 0. The molecule has 3 aromatic rings. The van der Waals surface area contributed by atoms with Crippen LogP contribution in [0.5, 0.6) is 0 Å². The monoisotopic (exact) mass is 343 g/mol. The number of rotatable bonds is 3. The van der Waals surface area contributed by atoms with Gasteiger partial charge in [-0.15, -0.1) is 0 Å². The molecule has 0 bridgehead atoms. The van der Waals surface area contributed by atoms with Gasteiger partial charge >= 0.3 is 0 Å². The quantitative estimate of drug-likeness (QED) is 0.719. The van der Waals surface area contributed by atoms with Crippen LogP contribution in [0.1, 0.15) is 29.2 Å². The average Bonchev–Trinajstić information content (AvgIpc) is 3.34. The molecule has 8 nitrogen and oxygen atoms in total. The second kappa shape index (κ2) is 6.08. The lowest BCUT2D eigenvalue weighted by Gasteiger charge is -2.34. The molecule has 1 saturated heterocycles. The van der Waals surface area contributed by atoms with E-state index in [0.29, 0.717) is 18.5 Å². The maximum absolute atomic E-state index is 15.4. The van der Waals surface area contributed by atoms with Crippen LogP contribution in [0.25, 0.3) is 11.4 Å². The minimum Gasteiger partial charge on any atom is -0.451 e. The predicted octanol–water partition coefficient (Wildman–Crippen LogP) is 2.22. The summed E-state index contributed by atoms with van der Waals surface area (Å²) in [7, 11) is 0. The molecule has 1 aliphatic rings. The number of nitrogens with zero attached hydrogens (tertiary/aromatic N) is 5. The van der Waals surface area contributed by atoms with Gasteiger partial charge in [0.2, 0.25) is 11.5 Å². The molecule has 9 heteroatoms. The van der Waals surface area contributed by atoms with Crippen molar-refractivity contribution < 1.29 is 18.1 Å². The van der Waals surface area contributed by atoms with E-state index in [4.69, 9.17) is 8.94 Å². The summed E-state index contributed by atoms with van der Waals surface area (Å²) in [6.45, 7) is 0.258. The zero-order valence-corrected chi connectivity index (χ0v) is 13.1. The number of aromatic nitrogens is 4. The van der Waals surface area contributed by atoms with Gasteiger partial charge in [0.1, 0.15) is 6.26 Å². The number of carbonyl (C=O) groups is 1. The summed E-state index contributed by atoms with van der Waals surface area (Å²) in [4.78, 5) is 25.7. The number of amides is 1. The van der Waals surface area contributed by atoms with Gasteiger partial charge in [0, 0.05) is 24.5 Å². The van der Waals surface area contributed by atoms with Gasteiger partial charge in [-0.05, 0) is 25.0 Å². The number of hydrogen-bond donors (Lipinski definition) is 0. The SMILES string of the molecule is O=C(c1cocn1)N1CCCC(F)(c2nc(-c3cccnc3)no2)C1. The minimum atomic E-state index is -1.90. The molecule has 1 amide bonds. The third-order valence-corrected chi connectivity index (χ3v) is 4.11. The number of likely N-dealkylation sites (tertiary alicyclic amines) is 1. The first-order valence-corrected chi connectivity index (χ1v) is 7.77. The maximum Gasteiger partial charge on any atom is 0.275 e. The van der Waals surface area contributed by atoms with Crippen molar-refractivity contribution in [3.8, 4) is 11.4 Å². The molecule has 1 unspecified atom stereocenters. The summed E-state index contributed by atoms with van der Waals surface area (Å²) in [5, 5.41) is 3.83. The van der Waals surface area contributed by atoms with Crippen LogP contribution in [0.2, 0.25) is 0 Å². The fourth-order valence-electron chi connectivity index (χ4n) is 2.86. The van der Waals surface area contributed by atoms with Crippen LogP contribution in [0.15, 0.2) is 46.1 Å². The van der Waals surface area contributed by atoms with Crippen molar-refractivity contribution in [1.82, 2.24) is 25.0 Å². The Morgan fingerprint density at radius 1 is 1.40 bits per heavy atom. The zero-order valence-electron chi connectivity index (χ0n) is 13.1. The molecule has 1 aliphatic heterocycles. The first kappa shape index (κ1) is 15.4. The number of piperidine rings is 1. The first-order chi connectivity index (χ1) is 12.2.